The van der Waals surface area contributed by atoms with Crippen LogP contribution in [0.15, 0.2) is 6.33 Å². The molecule has 0 fully saturated rings. The molecule has 0 aliphatic rings. The zero-order valence-corrected chi connectivity index (χ0v) is 11.9. The summed E-state index contributed by atoms with van der Waals surface area (Å²) in [4.78, 5) is 4.46. The second-order valence-corrected chi connectivity index (χ2v) is 4.80. The van der Waals surface area contributed by atoms with Crippen LogP contribution in [0.3, 0.4) is 0 Å². The van der Waals surface area contributed by atoms with Crippen molar-refractivity contribution in [2.75, 3.05) is 26.0 Å². The molecule has 0 aromatic carbocycles. The van der Waals surface area contributed by atoms with Crippen LogP contribution in [-0.4, -0.2) is 29.8 Å². The topological polar surface area (TPSA) is 65.1 Å². The van der Waals surface area contributed by atoms with E-state index in [-0.39, 0.29) is 6.04 Å². The first kappa shape index (κ1) is 15.0. The SMILES string of the molecule is CCCNC(CCOC)c1ncn(C(C)C)c1N. The van der Waals surface area contributed by atoms with Gasteiger partial charge < -0.3 is 20.4 Å². The number of imidazole rings is 1. The lowest BCUT2D eigenvalue weighted by Crippen LogP contribution is -2.24. The largest absolute Gasteiger partial charge is 0.385 e. The van der Waals surface area contributed by atoms with Gasteiger partial charge >= 0.3 is 0 Å². The zero-order chi connectivity index (χ0) is 13.5. The molecule has 0 saturated heterocycles. The van der Waals surface area contributed by atoms with Crippen molar-refractivity contribution in [3.05, 3.63) is 12.0 Å². The standard InChI is InChI=1S/C13H26N4O/c1-5-7-15-11(6-8-18-4)12-13(14)17(9-16-12)10(2)3/h9-11,15H,5-8,14H2,1-4H3. The third-order valence-corrected chi connectivity index (χ3v) is 3.00. The fraction of sp³-hybridized carbons (Fsp3) is 0.769. The van der Waals surface area contributed by atoms with Crippen LogP contribution in [0.4, 0.5) is 5.82 Å². The number of hydrogen-bond acceptors (Lipinski definition) is 4. The van der Waals surface area contributed by atoms with Crippen molar-refractivity contribution < 1.29 is 4.74 Å². The quantitative estimate of drug-likeness (QED) is 0.746. The highest BCUT2D eigenvalue weighted by Gasteiger charge is 2.19. The van der Waals surface area contributed by atoms with Crippen LogP contribution in [-0.2, 0) is 4.74 Å². The maximum absolute atomic E-state index is 6.17. The molecule has 1 heterocycles. The van der Waals surface area contributed by atoms with E-state index in [9.17, 15) is 0 Å². The van der Waals surface area contributed by atoms with Crippen LogP contribution in [0.25, 0.3) is 0 Å². The maximum atomic E-state index is 6.17. The molecule has 0 radical (unpaired) electrons. The molecule has 1 unspecified atom stereocenters. The monoisotopic (exact) mass is 254 g/mol. The van der Waals surface area contributed by atoms with Gasteiger partial charge in [0, 0.05) is 19.8 Å². The van der Waals surface area contributed by atoms with Gasteiger partial charge in [-0.1, -0.05) is 6.92 Å². The van der Waals surface area contributed by atoms with Crippen LogP contribution < -0.4 is 11.1 Å². The molecule has 0 saturated carbocycles. The smallest absolute Gasteiger partial charge is 0.128 e. The van der Waals surface area contributed by atoms with Gasteiger partial charge in [-0.3, -0.25) is 0 Å². The van der Waals surface area contributed by atoms with E-state index in [2.05, 4.69) is 31.1 Å². The second-order valence-electron chi connectivity index (χ2n) is 4.80. The predicted octanol–water partition coefficient (Wildman–Crippen LogP) is 2.12. The number of hydrogen-bond donors (Lipinski definition) is 2. The van der Waals surface area contributed by atoms with Crippen molar-refractivity contribution in [1.82, 2.24) is 14.9 Å². The molecule has 0 aliphatic heterocycles. The summed E-state index contributed by atoms with van der Waals surface area (Å²) in [5.74, 6) is 0.759. The fourth-order valence-corrected chi connectivity index (χ4v) is 1.95. The van der Waals surface area contributed by atoms with Crippen molar-refractivity contribution in [2.45, 2.75) is 45.7 Å². The van der Waals surface area contributed by atoms with Gasteiger partial charge in [0.2, 0.25) is 0 Å². The molecule has 0 bridgehead atoms. The number of nitrogens with one attached hydrogen (secondary N) is 1. The van der Waals surface area contributed by atoms with Crippen LogP contribution in [0.1, 0.15) is 51.4 Å². The third kappa shape index (κ3) is 3.71. The van der Waals surface area contributed by atoms with E-state index in [1.165, 1.54) is 0 Å². The summed E-state index contributed by atoms with van der Waals surface area (Å²) in [6.45, 7) is 8.02. The first-order valence-corrected chi connectivity index (χ1v) is 6.66. The van der Waals surface area contributed by atoms with E-state index < -0.39 is 0 Å². The lowest BCUT2D eigenvalue weighted by Gasteiger charge is -2.18. The van der Waals surface area contributed by atoms with Crippen molar-refractivity contribution >= 4 is 5.82 Å². The van der Waals surface area contributed by atoms with Gasteiger partial charge in [0.25, 0.3) is 0 Å². The maximum Gasteiger partial charge on any atom is 0.128 e. The Kier molecular flexibility index (Phi) is 6.15. The van der Waals surface area contributed by atoms with E-state index in [4.69, 9.17) is 10.5 Å². The Hall–Kier alpha value is -1.07. The number of aromatic nitrogens is 2. The van der Waals surface area contributed by atoms with Crippen molar-refractivity contribution in [2.24, 2.45) is 0 Å². The molecule has 3 N–H and O–H groups in total. The van der Waals surface area contributed by atoms with Gasteiger partial charge in [-0.2, -0.15) is 0 Å². The van der Waals surface area contributed by atoms with Crippen LogP contribution in [0.2, 0.25) is 0 Å². The number of rotatable bonds is 8. The van der Waals surface area contributed by atoms with E-state index in [1.807, 2.05) is 10.9 Å². The van der Waals surface area contributed by atoms with Crippen molar-refractivity contribution in [3.63, 3.8) is 0 Å². The molecular weight excluding hydrogens is 228 g/mol. The average Bonchev–Trinajstić information content (AvgIpc) is 2.72. The van der Waals surface area contributed by atoms with Gasteiger partial charge in [-0.25, -0.2) is 4.98 Å². The highest BCUT2D eigenvalue weighted by molar-refractivity contribution is 5.38. The molecule has 5 heteroatoms. The summed E-state index contributed by atoms with van der Waals surface area (Å²) >= 11 is 0. The number of anilines is 1. The summed E-state index contributed by atoms with van der Waals surface area (Å²) in [5.41, 5.74) is 7.11. The fourth-order valence-electron chi connectivity index (χ4n) is 1.95. The van der Waals surface area contributed by atoms with Gasteiger partial charge in [-0.15, -0.1) is 0 Å². The summed E-state index contributed by atoms with van der Waals surface area (Å²) in [6, 6.07) is 0.505. The van der Waals surface area contributed by atoms with E-state index in [1.54, 1.807) is 7.11 Å². The highest BCUT2D eigenvalue weighted by Crippen LogP contribution is 2.24. The zero-order valence-electron chi connectivity index (χ0n) is 11.9. The number of methoxy groups -OCH3 is 1. The molecule has 0 amide bonds. The normalized spacial score (nSPS) is 13.2. The van der Waals surface area contributed by atoms with Crippen LogP contribution >= 0.6 is 0 Å². The molecule has 1 aromatic rings. The van der Waals surface area contributed by atoms with E-state index >= 15 is 0 Å². The highest BCUT2D eigenvalue weighted by atomic mass is 16.5. The van der Waals surface area contributed by atoms with Gasteiger partial charge in [0.15, 0.2) is 0 Å². The van der Waals surface area contributed by atoms with Gasteiger partial charge in [-0.05, 0) is 33.2 Å². The lowest BCUT2D eigenvalue weighted by atomic mass is 10.1. The van der Waals surface area contributed by atoms with E-state index in [0.717, 1.165) is 30.9 Å². The molecule has 104 valence electrons. The summed E-state index contributed by atoms with van der Waals surface area (Å²) < 4.78 is 7.16. The number of nitrogens with two attached hydrogens (primary N) is 1. The Labute approximate surface area is 110 Å². The molecule has 1 aromatic heterocycles. The van der Waals surface area contributed by atoms with Crippen molar-refractivity contribution in [1.29, 1.82) is 0 Å². The minimum absolute atomic E-state index is 0.171. The average molecular weight is 254 g/mol. The summed E-state index contributed by atoms with van der Waals surface area (Å²) in [5, 5.41) is 3.48. The third-order valence-electron chi connectivity index (χ3n) is 3.00. The Balaban J connectivity index is 2.83. The van der Waals surface area contributed by atoms with E-state index in [0.29, 0.717) is 12.6 Å². The Morgan fingerprint density at radius 3 is 2.72 bits per heavy atom. The Morgan fingerprint density at radius 2 is 2.22 bits per heavy atom. The minimum atomic E-state index is 0.171. The molecule has 5 nitrogen and oxygen atoms in total. The lowest BCUT2D eigenvalue weighted by molar-refractivity contribution is 0.182. The number of ether oxygens (including phenoxy) is 1. The summed E-state index contributed by atoms with van der Waals surface area (Å²) in [7, 11) is 1.72. The van der Waals surface area contributed by atoms with Crippen molar-refractivity contribution in [3.8, 4) is 0 Å². The number of nitrogen functional groups attached to an aromatic ring is 1. The van der Waals surface area contributed by atoms with Crippen LogP contribution in [0.5, 0.6) is 0 Å². The molecule has 18 heavy (non-hydrogen) atoms. The minimum Gasteiger partial charge on any atom is -0.385 e. The summed E-state index contributed by atoms with van der Waals surface area (Å²) in [6.07, 6.45) is 3.80. The Morgan fingerprint density at radius 1 is 1.50 bits per heavy atom. The van der Waals surface area contributed by atoms with Crippen LogP contribution in [0, 0.1) is 0 Å². The predicted molar refractivity (Wildman–Crippen MR) is 74.6 cm³/mol. The molecule has 1 rings (SSSR count). The molecular formula is C13H26N4O. The molecule has 0 aliphatic carbocycles. The Bertz CT molecular complexity index is 341. The first-order chi connectivity index (χ1) is 8.61. The first-order valence-electron chi connectivity index (χ1n) is 6.66. The van der Waals surface area contributed by atoms with Gasteiger partial charge in [0.1, 0.15) is 5.82 Å². The van der Waals surface area contributed by atoms with Gasteiger partial charge in [0.05, 0.1) is 18.1 Å². The second kappa shape index (κ2) is 7.38. The molecule has 1 atom stereocenters. The molecule has 0 spiro atoms. The number of nitrogens with zero attached hydrogens (tertiary/aromatic N) is 2.